The van der Waals surface area contributed by atoms with Crippen LogP contribution in [0.4, 0.5) is 5.69 Å². The van der Waals surface area contributed by atoms with Crippen molar-refractivity contribution in [1.29, 1.82) is 0 Å². The van der Waals surface area contributed by atoms with Gasteiger partial charge in [0.1, 0.15) is 0 Å². The first-order chi connectivity index (χ1) is 11.4. The van der Waals surface area contributed by atoms with Gasteiger partial charge in [-0.1, -0.05) is 66.7 Å². The third kappa shape index (κ3) is 1.62. The highest BCUT2D eigenvalue weighted by Crippen LogP contribution is 2.43. The minimum Gasteiger partial charge on any atom is -0.193 e. The quantitative estimate of drug-likeness (QED) is 0.149. The Hall–Kier alpha value is -2.80. The molecule has 2 heteroatoms. The lowest BCUT2D eigenvalue weighted by atomic mass is 9.90. The Kier molecular flexibility index (Phi) is 2.54. The molecule has 0 unspecified atom stereocenters. The van der Waals surface area contributed by atoms with Gasteiger partial charge >= 0.3 is 0 Å². The largest absolute Gasteiger partial charge is 0.193 e. The molecule has 0 atom stereocenters. The molecular weight excluding hydrogens is 298 g/mol. The van der Waals surface area contributed by atoms with E-state index in [4.69, 9.17) is 12.2 Å². The summed E-state index contributed by atoms with van der Waals surface area (Å²) in [6, 6.07) is 23.6. The van der Waals surface area contributed by atoms with Crippen molar-refractivity contribution in [1.82, 2.24) is 0 Å². The van der Waals surface area contributed by atoms with Gasteiger partial charge < -0.3 is 0 Å². The number of benzene rings is 5. The smallest absolute Gasteiger partial charge is 0.0896 e. The summed E-state index contributed by atoms with van der Waals surface area (Å²) < 4.78 is 0. The van der Waals surface area contributed by atoms with E-state index in [1.54, 1.807) is 0 Å². The fourth-order valence-electron chi connectivity index (χ4n) is 3.74. The first kappa shape index (κ1) is 12.7. The van der Waals surface area contributed by atoms with Crippen molar-refractivity contribution in [2.45, 2.75) is 0 Å². The average Bonchev–Trinajstić information content (AvgIpc) is 2.61. The van der Waals surface area contributed by atoms with E-state index in [1.807, 2.05) is 6.07 Å². The Bertz CT molecular complexity index is 1250. The Morgan fingerprint density at radius 3 is 2.04 bits per heavy atom. The molecule has 106 valence electrons. The van der Waals surface area contributed by atoms with Crippen LogP contribution in [-0.4, -0.2) is 5.16 Å². The van der Waals surface area contributed by atoms with Gasteiger partial charge in [-0.2, -0.15) is 4.99 Å². The maximum absolute atomic E-state index is 4.90. The number of thiocarbonyl (C=S) groups is 1. The molecular formula is C21H11NS. The minimum absolute atomic E-state index is 0.918. The van der Waals surface area contributed by atoms with Crippen molar-refractivity contribution in [3.63, 3.8) is 0 Å². The van der Waals surface area contributed by atoms with Crippen molar-refractivity contribution in [2.75, 3.05) is 0 Å². The van der Waals surface area contributed by atoms with Crippen LogP contribution in [0.5, 0.6) is 0 Å². The van der Waals surface area contributed by atoms with E-state index in [2.05, 4.69) is 70.8 Å². The van der Waals surface area contributed by atoms with Crippen LogP contribution in [-0.2, 0) is 0 Å². The van der Waals surface area contributed by atoms with Crippen LogP contribution < -0.4 is 0 Å². The SMILES string of the molecule is S=C=Nc1c2ccccc2c2ccc3cccc4ccc1c2c43. The summed E-state index contributed by atoms with van der Waals surface area (Å²) in [5, 5.41) is 12.4. The molecule has 0 aromatic heterocycles. The van der Waals surface area contributed by atoms with E-state index in [9.17, 15) is 0 Å². The molecule has 23 heavy (non-hydrogen) atoms. The van der Waals surface area contributed by atoms with Crippen LogP contribution in [0.25, 0.3) is 43.1 Å². The monoisotopic (exact) mass is 309 g/mol. The molecule has 5 aromatic rings. The zero-order valence-corrected chi connectivity index (χ0v) is 13.0. The summed E-state index contributed by atoms with van der Waals surface area (Å²) >= 11 is 4.90. The lowest BCUT2D eigenvalue weighted by Gasteiger charge is -2.15. The molecule has 0 amide bonds. The van der Waals surface area contributed by atoms with Gasteiger partial charge in [-0.15, -0.1) is 0 Å². The standard InChI is InChI=1S/C21H11NS/c23-12-22-21-17-7-2-1-6-15(17)16-10-8-13-4-3-5-14-9-11-18(21)20(16)19(13)14/h1-11H. The van der Waals surface area contributed by atoms with Crippen molar-refractivity contribution in [3.8, 4) is 0 Å². The zero-order valence-electron chi connectivity index (χ0n) is 12.2. The molecule has 0 bridgehead atoms. The lowest BCUT2D eigenvalue weighted by Crippen LogP contribution is -1.86. The predicted molar refractivity (Wildman–Crippen MR) is 102 cm³/mol. The molecule has 5 rings (SSSR count). The molecule has 0 saturated heterocycles. The third-order valence-corrected chi connectivity index (χ3v) is 4.75. The van der Waals surface area contributed by atoms with E-state index in [-0.39, 0.29) is 0 Å². The Morgan fingerprint density at radius 1 is 0.609 bits per heavy atom. The van der Waals surface area contributed by atoms with Crippen molar-refractivity contribution < 1.29 is 0 Å². The Morgan fingerprint density at radius 2 is 1.30 bits per heavy atom. The topological polar surface area (TPSA) is 12.4 Å². The maximum Gasteiger partial charge on any atom is 0.0896 e. The molecule has 0 saturated carbocycles. The summed E-state index contributed by atoms with van der Waals surface area (Å²) in [5.41, 5.74) is 0.918. The Labute approximate surface area is 138 Å². The first-order valence-electron chi connectivity index (χ1n) is 7.54. The Balaban J connectivity index is 2.24. The molecule has 0 aliphatic heterocycles. The zero-order chi connectivity index (χ0) is 15.4. The second-order valence-corrected chi connectivity index (χ2v) is 5.96. The molecule has 1 nitrogen and oxygen atoms in total. The van der Waals surface area contributed by atoms with E-state index in [0.717, 1.165) is 16.5 Å². The number of hydrogen-bond donors (Lipinski definition) is 0. The number of nitrogens with zero attached hydrogens (tertiary/aromatic N) is 1. The van der Waals surface area contributed by atoms with Crippen LogP contribution in [0.2, 0.25) is 0 Å². The molecule has 0 aliphatic rings. The average molecular weight is 309 g/mol. The van der Waals surface area contributed by atoms with Crippen molar-refractivity contribution in [2.24, 2.45) is 4.99 Å². The number of rotatable bonds is 1. The lowest BCUT2D eigenvalue weighted by molar-refractivity contribution is 1.65. The molecule has 0 spiro atoms. The molecule has 0 radical (unpaired) electrons. The van der Waals surface area contributed by atoms with Gasteiger partial charge in [0.15, 0.2) is 0 Å². The summed E-state index contributed by atoms with van der Waals surface area (Å²) in [5.74, 6) is 0. The number of hydrogen-bond acceptors (Lipinski definition) is 2. The number of isothiocyanates is 1. The summed E-state index contributed by atoms with van der Waals surface area (Å²) in [4.78, 5) is 4.41. The highest BCUT2D eigenvalue weighted by Gasteiger charge is 2.14. The fourth-order valence-corrected chi connectivity index (χ4v) is 3.83. The first-order valence-corrected chi connectivity index (χ1v) is 7.95. The highest BCUT2D eigenvalue weighted by molar-refractivity contribution is 7.78. The molecule has 5 aromatic carbocycles. The van der Waals surface area contributed by atoms with Crippen LogP contribution >= 0.6 is 12.2 Å². The van der Waals surface area contributed by atoms with Gasteiger partial charge in [0, 0.05) is 16.2 Å². The van der Waals surface area contributed by atoms with E-state index >= 15 is 0 Å². The third-order valence-electron chi connectivity index (χ3n) is 4.66. The minimum atomic E-state index is 0.918. The van der Waals surface area contributed by atoms with E-state index in [0.29, 0.717) is 0 Å². The van der Waals surface area contributed by atoms with E-state index < -0.39 is 0 Å². The summed E-state index contributed by atoms with van der Waals surface area (Å²) in [6.07, 6.45) is 0. The number of aliphatic imine (C=N–C) groups is 1. The van der Waals surface area contributed by atoms with Crippen molar-refractivity contribution in [3.05, 3.63) is 66.7 Å². The van der Waals surface area contributed by atoms with E-state index in [1.165, 1.54) is 32.3 Å². The summed E-state index contributed by atoms with van der Waals surface area (Å²) in [7, 11) is 0. The van der Waals surface area contributed by atoms with Gasteiger partial charge in [0.05, 0.1) is 10.8 Å². The van der Waals surface area contributed by atoms with Crippen LogP contribution in [0.3, 0.4) is 0 Å². The normalized spacial score (nSPS) is 11.5. The number of fused-ring (bicyclic) bond motifs is 2. The highest BCUT2D eigenvalue weighted by atomic mass is 32.1. The predicted octanol–water partition coefficient (Wildman–Crippen LogP) is 6.47. The van der Waals surface area contributed by atoms with Gasteiger partial charge in [0.25, 0.3) is 0 Å². The van der Waals surface area contributed by atoms with Crippen LogP contribution in [0.1, 0.15) is 0 Å². The maximum atomic E-state index is 4.90. The van der Waals surface area contributed by atoms with Gasteiger partial charge in [-0.25, -0.2) is 0 Å². The van der Waals surface area contributed by atoms with Gasteiger partial charge in [-0.05, 0) is 39.1 Å². The molecule has 0 aliphatic carbocycles. The van der Waals surface area contributed by atoms with Gasteiger partial charge in [0.2, 0.25) is 0 Å². The molecule has 0 fully saturated rings. The summed E-state index contributed by atoms with van der Waals surface area (Å²) in [6.45, 7) is 0. The van der Waals surface area contributed by atoms with Gasteiger partial charge in [-0.3, -0.25) is 0 Å². The van der Waals surface area contributed by atoms with Crippen LogP contribution in [0, 0.1) is 0 Å². The van der Waals surface area contributed by atoms with Crippen molar-refractivity contribution >= 4 is 66.2 Å². The van der Waals surface area contributed by atoms with Crippen LogP contribution in [0.15, 0.2) is 71.7 Å². The molecule has 0 N–H and O–H groups in total. The fraction of sp³-hybridized carbons (Fsp3) is 0. The molecule has 0 heterocycles. The second kappa shape index (κ2) is 4.60. The second-order valence-electron chi connectivity index (χ2n) is 5.78.